The van der Waals surface area contributed by atoms with E-state index in [2.05, 4.69) is 15.2 Å². The van der Waals surface area contributed by atoms with Crippen molar-refractivity contribution in [1.82, 2.24) is 20.0 Å². The highest BCUT2D eigenvalue weighted by atomic mass is 35.5. The Morgan fingerprint density at radius 2 is 2.00 bits per heavy atom. The highest BCUT2D eigenvalue weighted by molar-refractivity contribution is 6.32. The summed E-state index contributed by atoms with van der Waals surface area (Å²) in [7, 11) is 1.56. The molecule has 0 saturated heterocycles. The molecule has 0 unspecified atom stereocenters. The van der Waals surface area contributed by atoms with E-state index in [0.29, 0.717) is 16.7 Å². The molecule has 2 aromatic heterocycles. The number of hydrogen-bond acceptors (Lipinski definition) is 4. The Morgan fingerprint density at radius 3 is 2.60 bits per heavy atom. The summed E-state index contributed by atoms with van der Waals surface area (Å²) < 4.78 is 5.10. The standard InChI is InChI=1S/C9H9ClN4O/c1-6-5-7(10)8(13-9(6)15-2)14-11-3-4-12-14/h3-5H,1-2H3. The van der Waals surface area contributed by atoms with Crippen LogP contribution in [0.3, 0.4) is 0 Å². The molecule has 6 heteroatoms. The molecule has 5 nitrogen and oxygen atoms in total. The lowest BCUT2D eigenvalue weighted by atomic mass is 10.3. The van der Waals surface area contributed by atoms with Crippen LogP contribution in [0.5, 0.6) is 5.88 Å². The smallest absolute Gasteiger partial charge is 0.218 e. The molecule has 0 radical (unpaired) electrons. The maximum atomic E-state index is 6.03. The first-order valence-corrected chi connectivity index (χ1v) is 4.68. The molecule has 0 saturated carbocycles. The topological polar surface area (TPSA) is 52.8 Å². The van der Waals surface area contributed by atoms with E-state index >= 15 is 0 Å². The third kappa shape index (κ3) is 1.78. The molecule has 0 atom stereocenters. The lowest BCUT2D eigenvalue weighted by molar-refractivity contribution is 0.393. The van der Waals surface area contributed by atoms with Crippen LogP contribution in [0.15, 0.2) is 18.5 Å². The molecule has 0 aliphatic heterocycles. The zero-order valence-electron chi connectivity index (χ0n) is 8.31. The van der Waals surface area contributed by atoms with Gasteiger partial charge in [-0.25, -0.2) is 0 Å². The maximum Gasteiger partial charge on any atom is 0.218 e. The Hall–Kier alpha value is -1.62. The first-order chi connectivity index (χ1) is 7.22. The van der Waals surface area contributed by atoms with Gasteiger partial charge in [-0.05, 0) is 13.0 Å². The van der Waals surface area contributed by atoms with E-state index in [1.54, 1.807) is 25.6 Å². The van der Waals surface area contributed by atoms with Crippen LogP contribution < -0.4 is 4.74 Å². The van der Waals surface area contributed by atoms with Gasteiger partial charge in [-0.15, -0.1) is 4.80 Å². The van der Waals surface area contributed by atoms with Gasteiger partial charge in [0.2, 0.25) is 5.88 Å². The number of hydrogen-bond donors (Lipinski definition) is 0. The molecule has 2 rings (SSSR count). The van der Waals surface area contributed by atoms with Crippen molar-refractivity contribution in [3.63, 3.8) is 0 Å². The summed E-state index contributed by atoms with van der Waals surface area (Å²) in [6.45, 7) is 1.87. The number of halogens is 1. The fourth-order valence-corrected chi connectivity index (χ4v) is 1.51. The van der Waals surface area contributed by atoms with Gasteiger partial charge in [-0.3, -0.25) is 0 Å². The normalized spacial score (nSPS) is 10.3. The van der Waals surface area contributed by atoms with Crippen LogP contribution in [-0.4, -0.2) is 27.1 Å². The fraction of sp³-hybridized carbons (Fsp3) is 0.222. The van der Waals surface area contributed by atoms with E-state index in [-0.39, 0.29) is 0 Å². The molecule has 0 spiro atoms. The molecular weight excluding hydrogens is 216 g/mol. The second kappa shape index (κ2) is 3.86. The highest BCUT2D eigenvalue weighted by Crippen LogP contribution is 2.24. The quantitative estimate of drug-likeness (QED) is 0.778. The Kier molecular flexibility index (Phi) is 2.55. The molecule has 0 amide bonds. The summed E-state index contributed by atoms with van der Waals surface area (Å²) >= 11 is 6.03. The predicted molar refractivity (Wildman–Crippen MR) is 55.5 cm³/mol. The van der Waals surface area contributed by atoms with Gasteiger partial charge in [0, 0.05) is 5.56 Å². The van der Waals surface area contributed by atoms with Crippen LogP contribution in [0, 0.1) is 6.92 Å². The molecule has 15 heavy (non-hydrogen) atoms. The first kappa shape index (κ1) is 9.92. The van der Waals surface area contributed by atoms with Crippen LogP contribution in [0.1, 0.15) is 5.56 Å². The zero-order valence-corrected chi connectivity index (χ0v) is 9.06. The number of aryl methyl sites for hydroxylation is 1. The van der Waals surface area contributed by atoms with Gasteiger partial charge in [0.1, 0.15) is 0 Å². The number of methoxy groups -OCH3 is 1. The Balaban J connectivity index is 2.57. The number of rotatable bonds is 2. The molecule has 2 aromatic rings. The summed E-state index contributed by atoms with van der Waals surface area (Å²) in [4.78, 5) is 5.57. The Morgan fingerprint density at radius 1 is 1.33 bits per heavy atom. The van der Waals surface area contributed by atoms with Crippen LogP contribution in [0.4, 0.5) is 0 Å². The van der Waals surface area contributed by atoms with Crippen molar-refractivity contribution >= 4 is 11.6 Å². The molecule has 2 heterocycles. The van der Waals surface area contributed by atoms with Crippen LogP contribution in [-0.2, 0) is 0 Å². The van der Waals surface area contributed by atoms with Gasteiger partial charge >= 0.3 is 0 Å². The average Bonchev–Trinajstić information content (AvgIpc) is 2.71. The van der Waals surface area contributed by atoms with E-state index in [9.17, 15) is 0 Å². The molecule has 0 bridgehead atoms. The summed E-state index contributed by atoms with van der Waals surface area (Å²) in [6.07, 6.45) is 3.12. The molecule has 0 fully saturated rings. The van der Waals surface area contributed by atoms with E-state index in [1.165, 1.54) is 4.80 Å². The monoisotopic (exact) mass is 224 g/mol. The third-order valence-electron chi connectivity index (χ3n) is 1.90. The lowest BCUT2D eigenvalue weighted by Gasteiger charge is -2.07. The minimum absolute atomic E-state index is 0.462. The van der Waals surface area contributed by atoms with Crippen LogP contribution in [0.2, 0.25) is 5.02 Å². The molecule has 78 valence electrons. The molecule has 0 aliphatic carbocycles. The van der Waals surface area contributed by atoms with Gasteiger partial charge in [0.15, 0.2) is 5.82 Å². The second-order valence-electron chi connectivity index (χ2n) is 2.94. The van der Waals surface area contributed by atoms with Gasteiger partial charge in [-0.2, -0.15) is 15.2 Å². The number of aromatic nitrogens is 4. The number of pyridine rings is 1. The predicted octanol–water partition coefficient (Wildman–Crippen LogP) is 1.63. The summed E-state index contributed by atoms with van der Waals surface area (Å²) in [6, 6.07) is 1.77. The van der Waals surface area contributed by atoms with Crippen molar-refractivity contribution in [3.05, 3.63) is 29.0 Å². The Bertz CT molecular complexity index is 469. The van der Waals surface area contributed by atoms with Crippen molar-refractivity contribution in [2.75, 3.05) is 7.11 Å². The van der Waals surface area contributed by atoms with Crippen molar-refractivity contribution in [2.24, 2.45) is 0 Å². The van der Waals surface area contributed by atoms with Crippen molar-refractivity contribution in [3.8, 4) is 11.7 Å². The largest absolute Gasteiger partial charge is 0.481 e. The lowest BCUT2D eigenvalue weighted by Crippen LogP contribution is -2.04. The van der Waals surface area contributed by atoms with Crippen molar-refractivity contribution < 1.29 is 4.74 Å². The van der Waals surface area contributed by atoms with Crippen molar-refractivity contribution in [2.45, 2.75) is 6.92 Å². The highest BCUT2D eigenvalue weighted by Gasteiger charge is 2.10. The average molecular weight is 225 g/mol. The van der Waals surface area contributed by atoms with Gasteiger partial charge in [0.05, 0.1) is 24.5 Å². The van der Waals surface area contributed by atoms with Crippen LogP contribution >= 0.6 is 11.6 Å². The SMILES string of the molecule is COc1nc(-n2nccn2)c(Cl)cc1C. The Labute approximate surface area is 91.7 Å². The minimum Gasteiger partial charge on any atom is -0.481 e. The second-order valence-corrected chi connectivity index (χ2v) is 3.35. The van der Waals surface area contributed by atoms with E-state index < -0.39 is 0 Å². The zero-order chi connectivity index (χ0) is 10.8. The maximum absolute atomic E-state index is 6.03. The van der Waals surface area contributed by atoms with E-state index in [0.717, 1.165) is 5.56 Å². The summed E-state index contributed by atoms with van der Waals surface area (Å²) in [5.41, 5.74) is 0.874. The number of ether oxygens (including phenoxy) is 1. The van der Waals surface area contributed by atoms with Gasteiger partial charge in [-0.1, -0.05) is 11.6 Å². The third-order valence-corrected chi connectivity index (χ3v) is 2.18. The van der Waals surface area contributed by atoms with Gasteiger partial charge < -0.3 is 4.74 Å². The molecule has 0 aliphatic rings. The fourth-order valence-electron chi connectivity index (χ4n) is 1.23. The van der Waals surface area contributed by atoms with Crippen LogP contribution in [0.25, 0.3) is 5.82 Å². The van der Waals surface area contributed by atoms with Gasteiger partial charge in [0.25, 0.3) is 0 Å². The molecular formula is C9H9ClN4O. The molecule has 0 N–H and O–H groups in total. The summed E-state index contributed by atoms with van der Waals surface area (Å²) in [5.74, 6) is 0.982. The molecule has 0 aromatic carbocycles. The summed E-state index contributed by atoms with van der Waals surface area (Å²) in [5, 5.41) is 8.40. The van der Waals surface area contributed by atoms with E-state index in [1.807, 2.05) is 6.92 Å². The number of nitrogens with zero attached hydrogens (tertiary/aromatic N) is 4. The van der Waals surface area contributed by atoms with E-state index in [4.69, 9.17) is 16.3 Å². The minimum atomic E-state index is 0.462. The van der Waals surface area contributed by atoms with Crippen molar-refractivity contribution in [1.29, 1.82) is 0 Å². The first-order valence-electron chi connectivity index (χ1n) is 4.30.